The van der Waals surface area contributed by atoms with Crippen LogP contribution in [-0.2, 0) is 4.74 Å². The highest BCUT2D eigenvalue weighted by molar-refractivity contribution is 5.90. The fourth-order valence-corrected chi connectivity index (χ4v) is 2.10. The summed E-state index contributed by atoms with van der Waals surface area (Å²) in [6.45, 7) is 6.37. The summed E-state index contributed by atoms with van der Waals surface area (Å²) in [7, 11) is 0. The molecule has 25 heavy (non-hydrogen) atoms. The average molecular weight is 347 g/mol. The Morgan fingerprint density at radius 1 is 1.28 bits per heavy atom. The number of non-ortho nitro benzene ring substituents is 1. The molecular formula is C16H21N5O4. The molecule has 1 amide bonds. The minimum atomic E-state index is -0.531. The van der Waals surface area contributed by atoms with E-state index in [1.165, 1.54) is 18.5 Å². The number of ether oxygens (including phenoxy) is 1. The van der Waals surface area contributed by atoms with Crippen LogP contribution in [0.25, 0.3) is 10.9 Å². The van der Waals surface area contributed by atoms with E-state index in [0.29, 0.717) is 36.2 Å². The summed E-state index contributed by atoms with van der Waals surface area (Å²) in [5.74, 6) is 0.519. The fraction of sp³-hybridized carbons (Fsp3) is 0.438. The standard InChI is InChI=1S/C16H21N5O4/c1-16(2,3)25-15(22)18-8-4-7-17-14-12-9-11(21(23)24)5-6-13(12)19-10-20-14/h5-6,9-10H,4,7-8H2,1-3H3,(H,18,22)(H,17,19,20). The maximum Gasteiger partial charge on any atom is 0.407 e. The molecule has 0 unspecified atom stereocenters. The predicted octanol–water partition coefficient (Wildman–Crippen LogP) is 2.86. The van der Waals surface area contributed by atoms with E-state index in [1.54, 1.807) is 26.8 Å². The molecule has 0 atom stereocenters. The van der Waals surface area contributed by atoms with Gasteiger partial charge in [0.25, 0.3) is 5.69 Å². The third-order valence-corrected chi connectivity index (χ3v) is 3.14. The molecule has 0 aliphatic heterocycles. The number of rotatable bonds is 6. The number of fused-ring (bicyclic) bond motifs is 1. The van der Waals surface area contributed by atoms with Crippen LogP contribution in [0.5, 0.6) is 0 Å². The van der Waals surface area contributed by atoms with Gasteiger partial charge < -0.3 is 15.4 Å². The number of carbonyl (C=O) groups excluding carboxylic acids is 1. The van der Waals surface area contributed by atoms with Crippen molar-refractivity contribution >= 4 is 28.5 Å². The second kappa shape index (κ2) is 7.73. The first-order chi connectivity index (χ1) is 11.8. The molecule has 134 valence electrons. The summed E-state index contributed by atoms with van der Waals surface area (Å²) in [4.78, 5) is 30.2. The van der Waals surface area contributed by atoms with Gasteiger partial charge in [0, 0.05) is 30.6 Å². The fourth-order valence-electron chi connectivity index (χ4n) is 2.10. The highest BCUT2D eigenvalue weighted by Crippen LogP contribution is 2.24. The van der Waals surface area contributed by atoms with Crippen molar-refractivity contribution in [2.24, 2.45) is 0 Å². The van der Waals surface area contributed by atoms with Crippen molar-refractivity contribution in [2.75, 3.05) is 18.4 Å². The van der Waals surface area contributed by atoms with E-state index in [2.05, 4.69) is 20.6 Å². The van der Waals surface area contributed by atoms with Crippen molar-refractivity contribution in [1.82, 2.24) is 15.3 Å². The molecule has 2 N–H and O–H groups in total. The first-order valence-corrected chi connectivity index (χ1v) is 7.86. The molecule has 0 saturated heterocycles. The van der Waals surface area contributed by atoms with Crippen molar-refractivity contribution in [1.29, 1.82) is 0 Å². The highest BCUT2D eigenvalue weighted by Gasteiger charge is 2.15. The quantitative estimate of drug-likeness (QED) is 0.468. The SMILES string of the molecule is CC(C)(C)OC(=O)NCCCNc1ncnc2ccc([N+](=O)[O-])cc12. The van der Waals surface area contributed by atoms with E-state index in [-0.39, 0.29) is 5.69 Å². The summed E-state index contributed by atoms with van der Waals surface area (Å²) >= 11 is 0. The number of amides is 1. The van der Waals surface area contributed by atoms with Crippen LogP contribution in [0.1, 0.15) is 27.2 Å². The van der Waals surface area contributed by atoms with Crippen LogP contribution in [0.4, 0.5) is 16.3 Å². The first kappa shape index (κ1) is 18.4. The lowest BCUT2D eigenvalue weighted by Gasteiger charge is -2.19. The number of aromatic nitrogens is 2. The molecule has 0 aliphatic rings. The minimum absolute atomic E-state index is 0.0167. The summed E-state index contributed by atoms with van der Waals surface area (Å²) < 4.78 is 5.14. The molecule has 2 aromatic rings. The van der Waals surface area contributed by atoms with Gasteiger partial charge in [0.15, 0.2) is 0 Å². The largest absolute Gasteiger partial charge is 0.444 e. The molecule has 9 heteroatoms. The van der Waals surface area contributed by atoms with Gasteiger partial charge in [-0.3, -0.25) is 10.1 Å². The Balaban J connectivity index is 1.90. The number of nitro groups is 1. The van der Waals surface area contributed by atoms with E-state index >= 15 is 0 Å². The van der Waals surface area contributed by atoms with Crippen molar-refractivity contribution < 1.29 is 14.5 Å². The van der Waals surface area contributed by atoms with Crippen LogP contribution in [0.15, 0.2) is 24.5 Å². The second-order valence-electron chi connectivity index (χ2n) is 6.39. The molecule has 0 fully saturated rings. The zero-order valence-electron chi connectivity index (χ0n) is 14.4. The number of hydrogen-bond donors (Lipinski definition) is 2. The lowest BCUT2D eigenvalue weighted by atomic mass is 10.2. The third kappa shape index (κ3) is 5.55. The number of hydrogen-bond acceptors (Lipinski definition) is 7. The Kier molecular flexibility index (Phi) is 5.68. The maximum absolute atomic E-state index is 11.5. The van der Waals surface area contributed by atoms with Crippen LogP contribution in [-0.4, -0.2) is 39.7 Å². The van der Waals surface area contributed by atoms with Gasteiger partial charge >= 0.3 is 6.09 Å². The molecule has 1 aromatic carbocycles. The Morgan fingerprint density at radius 2 is 2.04 bits per heavy atom. The van der Waals surface area contributed by atoms with Crippen molar-refractivity contribution in [3.05, 3.63) is 34.6 Å². The van der Waals surface area contributed by atoms with Crippen LogP contribution < -0.4 is 10.6 Å². The highest BCUT2D eigenvalue weighted by atomic mass is 16.6. The van der Waals surface area contributed by atoms with Crippen molar-refractivity contribution in [3.8, 4) is 0 Å². The van der Waals surface area contributed by atoms with E-state index in [1.807, 2.05) is 0 Å². The number of nitro benzene ring substituents is 1. The normalized spacial score (nSPS) is 11.2. The Hall–Kier alpha value is -2.97. The molecule has 0 bridgehead atoms. The van der Waals surface area contributed by atoms with Crippen LogP contribution in [0.3, 0.4) is 0 Å². The lowest BCUT2D eigenvalue weighted by Crippen LogP contribution is -2.33. The molecule has 0 spiro atoms. The van der Waals surface area contributed by atoms with Gasteiger partial charge in [-0.1, -0.05) is 0 Å². The number of anilines is 1. The molecular weight excluding hydrogens is 326 g/mol. The molecule has 0 saturated carbocycles. The minimum Gasteiger partial charge on any atom is -0.444 e. The molecule has 9 nitrogen and oxygen atoms in total. The molecule has 0 aliphatic carbocycles. The third-order valence-electron chi connectivity index (χ3n) is 3.14. The average Bonchev–Trinajstić information content (AvgIpc) is 2.52. The summed E-state index contributed by atoms with van der Waals surface area (Å²) in [6, 6.07) is 4.44. The number of benzene rings is 1. The van der Waals surface area contributed by atoms with E-state index in [0.717, 1.165) is 0 Å². The Morgan fingerprint density at radius 3 is 2.72 bits per heavy atom. The maximum atomic E-state index is 11.5. The zero-order chi connectivity index (χ0) is 18.4. The lowest BCUT2D eigenvalue weighted by molar-refractivity contribution is -0.384. The number of nitrogens with one attached hydrogen (secondary N) is 2. The monoisotopic (exact) mass is 347 g/mol. The van der Waals surface area contributed by atoms with Crippen LogP contribution >= 0.6 is 0 Å². The van der Waals surface area contributed by atoms with Crippen molar-refractivity contribution in [3.63, 3.8) is 0 Å². The molecule has 1 aromatic heterocycles. The topological polar surface area (TPSA) is 119 Å². The van der Waals surface area contributed by atoms with Gasteiger partial charge in [-0.05, 0) is 33.3 Å². The second-order valence-corrected chi connectivity index (χ2v) is 6.39. The molecule has 2 rings (SSSR count). The van der Waals surface area contributed by atoms with Crippen LogP contribution in [0.2, 0.25) is 0 Å². The summed E-state index contributed by atoms with van der Waals surface area (Å²) in [5, 5.41) is 17.3. The molecule has 1 heterocycles. The van der Waals surface area contributed by atoms with Gasteiger partial charge in [-0.15, -0.1) is 0 Å². The van der Waals surface area contributed by atoms with E-state index in [9.17, 15) is 14.9 Å². The molecule has 0 radical (unpaired) electrons. The Labute approximate surface area is 144 Å². The van der Waals surface area contributed by atoms with Gasteiger partial charge in [-0.2, -0.15) is 0 Å². The van der Waals surface area contributed by atoms with Gasteiger partial charge in [-0.25, -0.2) is 14.8 Å². The van der Waals surface area contributed by atoms with Gasteiger partial charge in [0.05, 0.1) is 10.4 Å². The van der Waals surface area contributed by atoms with Crippen molar-refractivity contribution in [2.45, 2.75) is 32.8 Å². The number of alkyl carbamates (subject to hydrolysis) is 1. The summed E-state index contributed by atoms with van der Waals surface area (Å²) in [5.41, 5.74) is 0.0728. The van der Waals surface area contributed by atoms with E-state index < -0.39 is 16.6 Å². The first-order valence-electron chi connectivity index (χ1n) is 7.86. The summed E-state index contributed by atoms with van der Waals surface area (Å²) in [6.07, 6.45) is 1.57. The zero-order valence-corrected chi connectivity index (χ0v) is 14.4. The van der Waals surface area contributed by atoms with Gasteiger partial charge in [0.1, 0.15) is 17.7 Å². The smallest absolute Gasteiger partial charge is 0.407 e. The van der Waals surface area contributed by atoms with E-state index in [4.69, 9.17) is 4.74 Å². The number of carbonyl (C=O) groups is 1. The van der Waals surface area contributed by atoms with Crippen LogP contribution in [0, 0.1) is 10.1 Å². The Bertz CT molecular complexity index is 773. The van der Waals surface area contributed by atoms with Gasteiger partial charge in [0.2, 0.25) is 0 Å². The number of nitrogens with zero attached hydrogens (tertiary/aromatic N) is 3. The predicted molar refractivity (Wildman–Crippen MR) is 93.5 cm³/mol.